The fraction of sp³-hybridized carbons (Fsp3) is 0.500. The molecule has 0 saturated heterocycles. The predicted molar refractivity (Wildman–Crippen MR) is 55.6 cm³/mol. The van der Waals surface area contributed by atoms with Gasteiger partial charge in [-0.15, -0.1) is 0 Å². The number of hydrogen-bond acceptors (Lipinski definition) is 1. The zero-order valence-electron chi connectivity index (χ0n) is 8.84. The quantitative estimate of drug-likeness (QED) is 0.798. The summed E-state index contributed by atoms with van der Waals surface area (Å²) in [5.74, 6) is -1.05. The zero-order valence-corrected chi connectivity index (χ0v) is 8.84. The molecule has 1 atom stereocenters. The summed E-state index contributed by atoms with van der Waals surface area (Å²) in [6, 6.07) is 3.61. The second-order valence-corrected chi connectivity index (χ2v) is 3.69. The molecule has 0 bridgehead atoms. The molecule has 0 heterocycles. The van der Waals surface area contributed by atoms with Crippen LogP contribution in [0, 0.1) is 11.6 Å². The molecule has 0 aromatic heterocycles. The fourth-order valence-corrected chi connectivity index (χ4v) is 1.46. The Morgan fingerprint density at radius 3 is 2.67 bits per heavy atom. The van der Waals surface area contributed by atoms with E-state index in [1.807, 2.05) is 6.92 Å². The lowest BCUT2D eigenvalue weighted by Crippen LogP contribution is -2.04. The van der Waals surface area contributed by atoms with Crippen molar-refractivity contribution in [2.24, 2.45) is 0 Å². The van der Waals surface area contributed by atoms with Gasteiger partial charge >= 0.3 is 0 Å². The highest BCUT2D eigenvalue weighted by Crippen LogP contribution is 2.13. The van der Waals surface area contributed by atoms with Gasteiger partial charge in [0.1, 0.15) is 11.6 Å². The molecule has 1 rings (SSSR count). The summed E-state index contributed by atoms with van der Waals surface area (Å²) < 4.78 is 25.7. The largest absolute Gasteiger partial charge is 0.393 e. The molecule has 1 aromatic rings. The third-order valence-corrected chi connectivity index (χ3v) is 2.47. The molecule has 84 valence electrons. The van der Waals surface area contributed by atoms with Crippen molar-refractivity contribution in [3.63, 3.8) is 0 Å². The number of benzene rings is 1. The second-order valence-electron chi connectivity index (χ2n) is 3.69. The number of aliphatic hydroxyl groups excluding tert-OH is 1. The minimum Gasteiger partial charge on any atom is -0.393 e. The Labute approximate surface area is 88.7 Å². The average Bonchev–Trinajstić information content (AvgIpc) is 2.21. The summed E-state index contributed by atoms with van der Waals surface area (Å²) in [5, 5.41) is 9.30. The van der Waals surface area contributed by atoms with Crippen LogP contribution in [-0.2, 0) is 6.42 Å². The molecule has 1 unspecified atom stereocenters. The second kappa shape index (κ2) is 5.81. The number of halogens is 2. The van der Waals surface area contributed by atoms with Crippen molar-refractivity contribution in [1.29, 1.82) is 0 Å². The van der Waals surface area contributed by atoms with E-state index in [1.165, 1.54) is 12.1 Å². The van der Waals surface area contributed by atoms with Gasteiger partial charge in [-0.2, -0.15) is 0 Å². The number of hydrogen-bond donors (Lipinski definition) is 1. The van der Waals surface area contributed by atoms with E-state index in [0.29, 0.717) is 24.8 Å². The van der Waals surface area contributed by atoms with Crippen molar-refractivity contribution in [3.05, 3.63) is 35.4 Å². The molecule has 3 heteroatoms. The lowest BCUT2D eigenvalue weighted by Gasteiger charge is -2.07. The monoisotopic (exact) mass is 214 g/mol. The van der Waals surface area contributed by atoms with Crippen molar-refractivity contribution < 1.29 is 13.9 Å². The Bertz CT molecular complexity index is 312. The first kappa shape index (κ1) is 12.1. The van der Waals surface area contributed by atoms with Crippen LogP contribution in [0.2, 0.25) is 0 Å². The van der Waals surface area contributed by atoms with Crippen LogP contribution in [0.4, 0.5) is 8.78 Å². The molecule has 0 aliphatic heterocycles. The van der Waals surface area contributed by atoms with E-state index >= 15 is 0 Å². The topological polar surface area (TPSA) is 20.2 Å². The van der Waals surface area contributed by atoms with Crippen molar-refractivity contribution in [2.75, 3.05) is 0 Å². The van der Waals surface area contributed by atoms with Gasteiger partial charge in [-0.3, -0.25) is 0 Å². The van der Waals surface area contributed by atoms with E-state index in [9.17, 15) is 13.9 Å². The molecule has 1 nitrogen and oxygen atoms in total. The number of aliphatic hydroxyl groups is 1. The maximum absolute atomic E-state index is 13.2. The summed E-state index contributed by atoms with van der Waals surface area (Å²) in [4.78, 5) is 0. The molecule has 0 aliphatic carbocycles. The van der Waals surface area contributed by atoms with E-state index in [1.54, 1.807) is 0 Å². The standard InChI is InChI=1S/C12H16F2O/c1-2-11(15)5-3-4-9-6-7-10(13)8-12(9)14/h6-8,11,15H,2-5H2,1H3. The molecular formula is C12H16F2O. The average molecular weight is 214 g/mol. The Morgan fingerprint density at radius 2 is 2.07 bits per heavy atom. The molecule has 0 saturated carbocycles. The van der Waals surface area contributed by atoms with E-state index in [-0.39, 0.29) is 6.10 Å². The van der Waals surface area contributed by atoms with Crippen LogP contribution in [0.3, 0.4) is 0 Å². The highest BCUT2D eigenvalue weighted by atomic mass is 19.1. The smallest absolute Gasteiger partial charge is 0.129 e. The normalized spacial score (nSPS) is 12.8. The molecule has 15 heavy (non-hydrogen) atoms. The van der Waals surface area contributed by atoms with Crippen molar-refractivity contribution in [3.8, 4) is 0 Å². The Kier molecular flexibility index (Phi) is 4.69. The van der Waals surface area contributed by atoms with Crippen LogP contribution < -0.4 is 0 Å². The molecule has 0 spiro atoms. The van der Waals surface area contributed by atoms with Crippen LogP contribution in [0.15, 0.2) is 18.2 Å². The minimum absolute atomic E-state index is 0.312. The first-order valence-electron chi connectivity index (χ1n) is 5.25. The van der Waals surface area contributed by atoms with Gasteiger partial charge in [-0.05, 0) is 37.3 Å². The van der Waals surface area contributed by atoms with Gasteiger partial charge in [0.2, 0.25) is 0 Å². The fourth-order valence-electron chi connectivity index (χ4n) is 1.46. The van der Waals surface area contributed by atoms with Gasteiger partial charge in [-0.25, -0.2) is 8.78 Å². The highest BCUT2D eigenvalue weighted by molar-refractivity contribution is 5.18. The number of aryl methyl sites for hydroxylation is 1. The lowest BCUT2D eigenvalue weighted by molar-refractivity contribution is 0.157. The van der Waals surface area contributed by atoms with Gasteiger partial charge in [-0.1, -0.05) is 13.0 Å². The van der Waals surface area contributed by atoms with Crippen LogP contribution >= 0.6 is 0 Å². The van der Waals surface area contributed by atoms with Gasteiger partial charge in [0, 0.05) is 6.07 Å². The molecule has 0 radical (unpaired) electrons. The van der Waals surface area contributed by atoms with Gasteiger partial charge < -0.3 is 5.11 Å². The van der Waals surface area contributed by atoms with Gasteiger partial charge in [0.15, 0.2) is 0 Å². The predicted octanol–water partition coefficient (Wildman–Crippen LogP) is 3.06. The van der Waals surface area contributed by atoms with E-state index in [2.05, 4.69) is 0 Å². The molecule has 1 N–H and O–H groups in total. The molecule has 1 aromatic carbocycles. The molecule has 0 fully saturated rings. The summed E-state index contributed by atoms with van der Waals surface area (Å²) >= 11 is 0. The highest BCUT2D eigenvalue weighted by Gasteiger charge is 2.05. The van der Waals surface area contributed by atoms with Gasteiger partial charge in [0.05, 0.1) is 6.10 Å². The molecular weight excluding hydrogens is 198 g/mol. The van der Waals surface area contributed by atoms with Crippen LogP contribution in [-0.4, -0.2) is 11.2 Å². The third kappa shape index (κ3) is 3.96. The van der Waals surface area contributed by atoms with Crippen LogP contribution in [0.5, 0.6) is 0 Å². The molecule has 0 aliphatic rings. The van der Waals surface area contributed by atoms with Crippen LogP contribution in [0.1, 0.15) is 31.7 Å². The maximum Gasteiger partial charge on any atom is 0.129 e. The third-order valence-electron chi connectivity index (χ3n) is 2.47. The Morgan fingerprint density at radius 1 is 1.33 bits per heavy atom. The summed E-state index contributed by atoms with van der Waals surface area (Å²) in [5.41, 5.74) is 0.514. The summed E-state index contributed by atoms with van der Waals surface area (Å²) in [6.07, 6.45) is 2.33. The van der Waals surface area contributed by atoms with Crippen molar-refractivity contribution >= 4 is 0 Å². The van der Waals surface area contributed by atoms with Gasteiger partial charge in [0.25, 0.3) is 0 Å². The first-order chi connectivity index (χ1) is 7.13. The SMILES string of the molecule is CCC(O)CCCc1ccc(F)cc1F. The van der Waals surface area contributed by atoms with E-state index in [0.717, 1.165) is 12.5 Å². The van der Waals surface area contributed by atoms with Crippen molar-refractivity contribution in [1.82, 2.24) is 0 Å². The maximum atomic E-state index is 13.2. The minimum atomic E-state index is -0.551. The Balaban J connectivity index is 2.44. The molecule has 0 amide bonds. The van der Waals surface area contributed by atoms with Crippen molar-refractivity contribution in [2.45, 2.75) is 38.7 Å². The van der Waals surface area contributed by atoms with Crippen LogP contribution in [0.25, 0.3) is 0 Å². The van der Waals surface area contributed by atoms with E-state index < -0.39 is 11.6 Å². The zero-order chi connectivity index (χ0) is 11.3. The summed E-state index contributed by atoms with van der Waals surface area (Å²) in [7, 11) is 0. The number of rotatable bonds is 5. The Hall–Kier alpha value is -0.960. The summed E-state index contributed by atoms with van der Waals surface area (Å²) in [6.45, 7) is 1.91. The van der Waals surface area contributed by atoms with E-state index in [4.69, 9.17) is 0 Å². The lowest BCUT2D eigenvalue weighted by atomic mass is 10.0. The first-order valence-corrected chi connectivity index (χ1v) is 5.25.